The van der Waals surface area contributed by atoms with Crippen molar-refractivity contribution in [1.82, 2.24) is 5.43 Å². The number of carbonyl (C=O) groups is 1. The molecule has 0 fully saturated rings. The standard InChI is InChI=1S/C18H16ClFN2O4/c19-15-7-12(8-16-18(15)25-6-2-5-24-16)10-21-22-17(23)11-26-14-4-1-3-13(20)9-14/h1,3-4,7-10H,2,5-6,11H2,(H,22,23)/b21-10-. The molecule has 6 nitrogen and oxygen atoms in total. The van der Waals surface area contributed by atoms with Gasteiger partial charge >= 0.3 is 0 Å². The van der Waals surface area contributed by atoms with Crippen LogP contribution in [0.1, 0.15) is 12.0 Å². The number of fused-ring (bicyclic) bond motifs is 1. The third-order valence-corrected chi connectivity index (χ3v) is 3.67. The van der Waals surface area contributed by atoms with E-state index < -0.39 is 11.7 Å². The topological polar surface area (TPSA) is 69.2 Å². The van der Waals surface area contributed by atoms with Crippen molar-refractivity contribution in [2.24, 2.45) is 5.10 Å². The number of rotatable bonds is 5. The number of nitrogens with one attached hydrogen (secondary N) is 1. The first-order valence-electron chi connectivity index (χ1n) is 7.91. The highest BCUT2D eigenvalue weighted by molar-refractivity contribution is 6.32. The van der Waals surface area contributed by atoms with Gasteiger partial charge in [0.1, 0.15) is 11.6 Å². The number of nitrogens with zero attached hydrogens (tertiary/aromatic N) is 1. The fourth-order valence-corrected chi connectivity index (χ4v) is 2.52. The minimum Gasteiger partial charge on any atom is -0.489 e. The van der Waals surface area contributed by atoms with E-state index in [1.165, 1.54) is 24.4 Å². The molecule has 8 heteroatoms. The minimum atomic E-state index is -0.481. The molecule has 0 spiro atoms. The normalized spacial score (nSPS) is 13.3. The van der Waals surface area contributed by atoms with E-state index in [4.69, 9.17) is 25.8 Å². The second-order valence-electron chi connectivity index (χ2n) is 5.42. The zero-order chi connectivity index (χ0) is 18.4. The van der Waals surface area contributed by atoms with Crippen molar-refractivity contribution in [1.29, 1.82) is 0 Å². The number of hydrogen-bond acceptors (Lipinski definition) is 5. The van der Waals surface area contributed by atoms with Gasteiger partial charge in [-0.25, -0.2) is 9.82 Å². The molecule has 136 valence electrons. The minimum absolute atomic E-state index is 0.263. The van der Waals surface area contributed by atoms with Gasteiger partial charge in [-0.15, -0.1) is 0 Å². The van der Waals surface area contributed by atoms with Crippen LogP contribution in [0.4, 0.5) is 4.39 Å². The van der Waals surface area contributed by atoms with E-state index in [0.717, 1.165) is 6.42 Å². The van der Waals surface area contributed by atoms with Crippen molar-refractivity contribution in [3.05, 3.63) is 52.8 Å². The first-order valence-corrected chi connectivity index (χ1v) is 8.29. The molecule has 2 aromatic carbocycles. The number of carbonyl (C=O) groups excluding carboxylic acids is 1. The summed E-state index contributed by atoms with van der Waals surface area (Å²) >= 11 is 6.19. The maximum atomic E-state index is 13.0. The van der Waals surface area contributed by atoms with Gasteiger partial charge in [0.25, 0.3) is 5.91 Å². The van der Waals surface area contributed by atoms with Crippen molar-refractivity contribution in [2.75, 3.05) is 19.8 Å². The average Bonchev–Trinajstić information content (AvgIpc) is 2.86. The van der Waals surface area contributed by atoms with E-state index in [1.54, 1.807) is 18.2 Å². The number of benzene rings is 2. The third-order valence-electron chi connectivity index (χ3n) is 3.39. The Labute approximate surface area is 154 Å². The first kappa shape index (κ1) is 18.0. The van der Waals surface area contributed by atoms with Crippen LogP contribution in [0.15, 0.2) is 41.5 Å². The lowest BCUT2D eigenvalue weighted by Crippen LogP contribution is -2.24. The molecule has 2 aromatic rings. The molecule has 1 N–H and O–H groups in total. The number of ether oxygens (including phenoxy) is 3. The largest absolute Gasteiger partial charge is 0.489 e. The summed E-state index contributed by atoms with van der Waals surface area (Å²) in [5.74, 6) is 0.392. The lowest BCUT2D eigenvalue weighted by molar-refractivity contribution is -0.123. The lowest BCUT2D eigenvalue weighted by Gasteiger charge is -2.09. The Bertz CT molecular complexity index is 829. The summed E-state index contributed by atoms with van der Waals surface area (Å²) in [6.07, 6.45) is 2.20. The Morgan fingerprint density at radius 2 is 2.15 bits per heavy atom. The monoisotopic (exact) mass is 378 g/mol. The summed E-state index contributed by atoms with van der Waals surface area (Å²) < 4.78 is 29.3. The van der Waals surface area contributed by atoms with Crippen LogP contribution in [0.5, 0.6) is 17.2 Å². The van der Waals surface area contributed by atoms with Crippen molar-refractivity contribution >= 4 is 23.7 Å². The number of amides is 1. The van der Waals surface area contributed by atoms with Gasteiger partial charge < -0.3 is 14.2 Å². The predicted molar refractivity (Wildman–Crippen MR) is 94.7 cm³/mol. The highest BCUT2D eigenvalue weighted by atomic mass is 35.5. The van der Waals surface area contributed by atoms with Crippen molar-refractivity contribution in [3.8, 4) is 17.2 Å². The zero-order valence-corrected chi connectivity index (χ0v) is 14.5. The smallest absolute Gasteiger partial charge is 0.277 e. The highest BCUT2D eigenvalue weighted by Gasteiger charge is 2.15. The second-order valence-corrected chi connectivity index (χ2v) is 5.83. The quantitative estimate of drug-likeness (QED) is 0.641. The predicted octanol–water partition coefficient (Wildman–Crippen LogP) is 3.17. The van der Waals surface area contributed by atoms with Gasteiger partial charge in [-0.1, -0.05) is 17.7 Å². The van der Waals surface area contributed by atoms with Crippen molar-refractivity contribution < 1.29 is 23.4 Å². The molecule has 0 bridgehead atoms. The first-order chi connectivity index (χ1) is 12.6. The van der Waals surface area contributed by atoms with Gasteiger partial charge in [0.05, 0.1) is 24.5 Å². The Morgan fingerprint density at radius 1 is 1.31 bits per heavy atom. The van der Waals surface area contributed by atoms with Crippen LogP contribution in [0, 0.1) is 5.82 Å². The van der Waals surface area contributed by atoms with Crippen LogP contribution in [-0.4, -0.2) is 31.9 Å². The lowest BCUT2D eigenvalue weighted by atomic mass is 10.2. The van der Waals surface area contributed by atoms with Crippen molar-refractivity contribution in [3.63, 3.8) is 0 Å². The molecule has 1 aliphatic rings. The maximum absolute atomic E-state index is 13.0. The van der Waals surface area contributed by atoms with Gasteiger partial charge in [-0.3, -0.25) is 4.79 Å². The van der Waals surface area contributed by atoms with Crippen LogP contribution in [0.25, 0.3) is 0 Å². The number of halogens is 2. The molecule has 0 radical (unpaired) electrons. The summed E-state index contributed by atoms with van der Waals surface area (Å²) in [6, 6.07) is 8.92. The van der Waals surface area contributed by atoms with Gasteiger partial charge in [-0.2, -0.15) is 5.10 Å². The Kier molecular flexibility index (Phi) is 5.91. The van der Waals surface area contributed by atoms with E-state index >= 15 is 0 Å². The van der Waals surface area contributed by atoms with Crippen LogP contribution >= 0.6 is 11.6 Å². The fourth-order valence-electron chi connectivity index (χ4n) is 2.24. The van der Waals surface area contributed by atoms with E-state index in [2.05, 4.69) is 10.5 Å². The van der Waals surface area contributed by atoms with Gasteiger partial charge in [0.2, 0.25) is 0 Å². The molecule has 1 amide bonds. The van der Waals surface area contributed by atoms with Gasteiger partial charge in [0.15, 0.2) is 18.1 Å². The van der Waals surface area contributed by atoms with Crippen LogP contribution in [-0.2, 0) is 4.79 Å². The molecule has 3 rings (SSSR count). The molecule has 0 unspecified atom stereocenters. The summed E-state index contributed by atoms with van der Waals surface area (Å²) in [6.45, 7) is 0.794. The molecular weight excluding hydrogens is 363 g/mol. The van der Waals surface area contributed by atoms with Crippen LogP contribution in [0.3, 0.4) is 0 Å². The molecule has 0 aromatic heterocycles. The van der Waals surface area contributed by atoms with E-state index in [0.29, 0.717) is 35.3 Å². The second kappa shape index (κ2) is 8.53. The van der Waals surface area contributed by atoms with Gasteiger partial charge in [0, 0.05) is 12.5 Å². The fraction of sp³-hybridized carbons (Fsp3) is 0.222. The van der Waals surface area contributed by atoms with Crippen molar-refractivity contribution in [2.45, 2.75) is 6.42 Å². The molecule has 26 heavy (non-hydrogen) atoms. The Morgan fingerprint density at radius 3 is 3.00 bits per heavy atom. The Hall–Kier alpha value is -2.80. The van der Waals surface area contributed by atoms with E-state index in [9.17, 15) is 9.18 Å². The molecule has 0 saturated carbocycles. The molecule has 1 heterocycles. The van der Waals surface area contributed by atoms with E-state index in [-0.39, 0.29) is 12.4 Å². The molecular formula is C18H16ClFN2O4. The van der Waals surface area contributed by atoms with Crippen LogP contribution in [0.2, 0.25) is 5.02 Å². The zero-order valence-electron chi connectivity index (χ0n) is 13.7. The molecule has 0 atom stereocenters. The third kappa shape index (κ3) is 4.86. The number of hydrazone groups is 1. The molecule has 0 saturated heterocycles. The highest BCUT2D eigenvalue weighted by Crippen LogP contribution is 2.37. The summed E-state index contributed by atoms with van der Waals surface area (Å²) in [5.41, 5.74) is 2.97. The molecule has 1 aliphatic heterocycles. The van der Waals surface area contributed by atoms with Gasteiger partial charge in [-0.05, 0) is 29.8 Å². The van der Waals surface area contributed by atoms with E-state index in [1.807, 2.05) is 0 Å². The number of hydrogen-bond donors (Lipinski definition) is 1. The maximum Gasteiger partial charge on any atom is 0.277 e. The SMILES string of the molecule is O=C(COc1cccc(F)c1)N/N=C\c1cc(Cl)c2c(c1)OCCCO2. The summed E-state index contributed by atoms with van der Waals surface area (Å²) in [7, 11) is 0. The molecule has 0 aliphatic carbocycles. The summed E-state index contributed by atoms with van der Waals surface area (Å²) in [4.78, 5) is 11.7. The van der Waals surface area contributed by atoms with Crippen LogP contribution < -0.4 is 19.6 Å². The summed E-state index contributed by atoms with van der Waals surface area (Å²) in [5, 5.41) is 4.26. The Balaban J connectivity index is 1.55. The average molecular weight is 379 g/mol.